The van der Waals surface area contributed by atoms with E-state index < -0.39 is 0 Å². The molecule has 66 valence electrons. The molecule has 0 saturated heterocycles. The summed E-state index contributed by atoms with van der Waals surface area (Å²) in [6.07, 6.45) is 7.86. The van der Waals surface area contributed by atoms with E-state index in [1.165, 1.54) is 11.3 Å². The number of aromatic amines is 1. The lowest BCUT2D eigenvalue weighted by molar-refractivity contribution is 0.982. The Bertz CT molecular complexity index is 438. The van der Waals surface area contributed by atoms with Crippen molar-refractivity contribution >= 4 is 40.6 Å². The Morgan fingerprint density at radius 2 is 2.23 bits per heavy atom. The van der Waals surface area contributed by atoms with Gasteiger partial charge in [0.25, 0.3) is 0 Å². The predicted molar refractivity (Wildman–Crippen MR) is 60.9 cm³/mol. The molecule has 0 radical (unpaired) electrons. The lowest BCUT2D eigenvalue weighted by Gasteiger charge is -2.09. The number of allylic oxidation sites excluding steroid dienone is 4. The van der Waals surface area contributed by atoms with E-state index in [0.29, 0.717) is 3.95 Å². The highest BCUT2D eigenvalue weighted by atomic mass is 32.1. The van der Waals surface area contributed by atoms with Crippen molar-refractivity contribution in [2.24, 2.45) is 0 Å². The maximum absolute atomic E-state index is 5.20. The summed E-state index contributed by atoms with van der Waals surface area (Å²) < 4.78 is 0.695. The van der Waals surface area contributed by atoms with E-state index in [2.05, 4.69) is 10.2 Å². The Kier molecular flexibility index (Phi) is 2.48. The van der Waals surface area contributed by atoms with E-state index in [1.807, 2.05) is 24.3 Å². The number of H-pyrrole nitrogens is 1. The standard InChI is InChI=1S/C8H6N2S3/c11-6-4-2-1-3-5(6)7-9-10-8(12)13-7/h1-5H,(H,10,12). The number of aromatic nitrogens is 2. The van der Waals surface area contributed by atoms with Crippen LogP contribution in [0.3, 0.4) is 0 Å². The van der Waals surface area contributed by atoms with Crippen LogP contribution in [0, 0.1) is 3.95 Å². The van der Waals surface area contributed by atoms with Crippen LogP contribution in [0.5, 0.6) is 0 Å². The fraction of sp³-hybridized carbons (Fsp3) is 0.125. The minimum atomic E-state index is 0.123. The molecule has 1 aliphatic rings. The molecular formula is C8H6N2S3. The van der Waals surface area contributed by atoms with Crippen LogP contribution in [0.25, 0.3) is 0 Å². The lowest BCUT2D eigenvalue weighted by Crippen LogP contribution is -2.07. The van der Waals surface area contributed by atoms with Gasteiger partial charge in [0.15, 0.2) is 3.95 Å². The van der Waals surface area contributed by atoms with Crippen molar-refractivity contribution in [3.8, 4) is 0 Å². The molecule has 1 N–H and O–H groups in total. The Morgan fingerprint density at radius 1 is 1.38 bits per heavy atom. The van der Waals surface area contributed by atoms with Gasteiger partial charge >= 0.3 is 0 Å². The van der Waals surface area contributed by atoms with Gasteiger partial charge in [-0.3, -0.25) is 5.10 Å². The van der Waals surface area contributed by atoms with Crippen LogP contribution in [-0.2, 0) is 0 Å². The van der Waals surface area contributed by atoms with Gasteiger partial charge in [-0.05, 0) is 18.3 Å². The fourth-order valence-corrected chi connectivity index (χ4v) is 2.45. The third-order valence-corrected chi connectivity index (χ3v) is 3.26. The van der Waals surface area contributed by atoms with Gasteiger partial charge in [-0.2, -0.15) is 5.10 Å². The first-order chi connectivity index (χ1) is 6.27. The quantitative estimate of drug-likeness (QED) is 0.746. The molecule has 0 amide bonds. The molecular weight excluding hydrogens is 220 g/mol. The van der Waals surface area contributed by atoms with Gasteiger partial charge < -0.3 is 0 Å². The van der Waals surface area contributed by atoms with Gasteiger partial charge in [-0.1, -0.05) is 41.8 Å². The third-order valence-electron chi connectivity index (χ3n) is 1.70. The van der Waals surface area contributed by atoms with E-state index in [9.17, 15) is 0 Å². The molecule has 1 aliphatic carbocycles. The highest BCUT2D eigenvalue weighted by Gasteiger charge is 2.16. The molecule has 1 aromatic rings. The average molecular weight is 226 g/mol. The summed E-state index contributed by atoms with van der Waals surface area (Å²) in [4.78, 5) is 0.889. The first-order valence-corrected chi connectivity index (χ1v) is 5.35. The van der Waals surface area contributed by atoms with Crippen molar-refractivity contribution in [2.45, 2.75) is 5.92 Å². The van der Waals surface area contributed by atoms with Crippen molar-refractivity contribution in [3.05, 3.63) is 33.3 Å². The van der Waals surface area contributed by atoms with Crippen LogP contribution in [-0.4, -0.2) is 15.1 Å². The third kappa shape index (κ3) is 1.82. The molecule has 0 aromatic carbocycles. The lowest BCUT2D eigenvalue weighted by atomic mass is 10.0. The summed E-state index contributed by atoms with van der Waals surface area (Å²) in [7, 11) is 0. The number of nitrogens with one attached hydrogen (secondary N) is 1. The largest absolute Gasteiger partial charge is 0.258 e. The fourth-order valence-electron chi connectivity index (χ4n) is 1.10. The van der Waals surface area contributed by atoms with Crippen molar-refractivity contribution in [2.75, 3.05) is 0 Å². The van der Waals surface area contributed by atoms with E-state index >= 15 is 0 Å². The number of nitrogens with zero attached hydrogens (tertiary/aromatic N) is 1. The summed E-state index contributed by atoms with van der Waals surface area (Å²) in [5, 5.41) is 7.80. The van der Waals surface area contributed by atoms with E-state index in [-0.39, 0.29) is 5.92 Å². The summed E-state index contributed by atoms with van der Waals surface area (Å²) in [5.74, 6) is 0.123. The van der Waals surface area contributed by atoms with Gasteiger partial charge in [-0.25, -0.2) is 0 Å². The van der Waals surface area contributed by atoms with Gasteiger partial charge in [0.05, 0.1) is 5.92 Å². The second kappa shape index (κ2) is 3.61. The molecule has 0 bridgehead atoms. The van der Waals surface area contributed by atoms with Gasteiger partial charge in [0.1, 0.15) is 5.01 Å². The molecule has 2 rings (SSSR count). The van der Waals surface area contributed by atoms with Crippen LogP contribution in [0.15, 0.2) is 24.3 Å². The smallest absolute Gasteiger partial charge is 0.176 e. The van der Waals surface area contributed by atoms with E-state index in [4.69, 9.17) is 24.4 Å². The zero-order valence-electron chi connectivity index (χ0n) is 6.56. The topological polar surface area (TPSA) is 28.7 Å². The molecule has 1 unspecified atom stereocenters. The maximum Gasteiger partial charge on any atom is 0.176 e. The van der Waals surface area contributed by atoms with Crippen LogP contribution in [0.1, 0.15) is 10.9 Å². The van der Waals surface area contributed by atoms with Crippen LogP contribution >= 0.6 is 35.8 Å². The van der Waals surface area contributed by atoms with Crippen molar-refractivity contribution in [1.29, 1.82) is 0 Å². The molecule has 2 nitrogen and oxygen atoms in total. The SMILES string of the molecule is S=C1C=CC=CC1c1n[nH]c(=S)s1. The molecule has 0 fully saturated rings. The molecule has 0 saturated carbocycles. The molecule has 5 heteroatoms. The zero-order chi connectivity index (χ0) is 9.26. The van der Waals surface area contributed by atoms with Gasteiger partial charge in [0.2, 0.25) is 0 Å². The van der Waals surface area contributed by atoms with Crippen molar-refractivity contribution in [1.82, 2.24) is 10.2 Å². The number of hydrogen-bond donors (Lipinski definition) is 1. The minimum Gasteiger partial charge on any atom is -0.258 e. The highest BCUT2D eigenvalue weighted by Crippen LogP contribution is 2.24. The Morgan fingerprint density at radius 3 is 2.85 bits per heavy atom. The summed E-state index contributed by atoms with van der Waals surface area (Å²) in [6, 6.07) is 0. The monoisotopic (exact) mass is 226 g/mol. The molecule has 1 aromatic heterocycles. The van der Waals surface area contributed by atoms with Crippen molar-refractivity contribution in [3.63, 3.8) is 0 Å². The first kappa shape index (κ1) is 8.93. The number of thiocarbonyl (C=S) groups is 1. The first-order valence-electron chi connectivity index (χ1n) is 3.71. The summed E-state index contributed by atoms with van der Waals surface area (Å²) in [5.41, 5.74) is 0. The molecule has 1 atom stereocenters. The second-order valence-electron chi connectivity index (χ2n) is 2.58. The molecule has 0 aliphatic heterocycles. The predicted octanol–water partition coefficient (Wildman–Crippen LogP) is 2.78. The summed E-state index contributed by atoms with van der Waals surface area (Å²) in [6.45, 7) is 0. The normalized spacial score (nSPS) is 20.9. The van der Waals surface area contributed by atoms with Gasteiger partial charge in [0, 0.05) is 4.86 Å². The molecule has 1 heterocycles. The highest BCUT2D eigenvalue weighted by molar-refractivity contribution is 7.81. The average Bonchev–Trinajstić information content (AvgIpc) is 2.53. The second-order valence-corrected chi connectivity index (χ2v) is 4.74. The number of rotatable bonds is 1. The maximum atomic E-state index is 5.20. The number of hydrogen-bond acceptors (Lipinski definition) is 4. The summed E-state index contributed by atoms with van der Waals surface area (Å²) >= 11 is 11.6. The van der Waals surface area contributed by atoms with Crippen LogP contribution < -0.4 is 0 Å². The zero-order valence-corrected chi connectivity index (χ0v) is 9.01. The van der Waals surface area contributed by atoms with E-state index in [0.717, 1.165) is 9.87 Å². The molecule has 13 heavy (non-hydrogen) atoms. The minimum absolute atomic E-state index is 0.123. The Hall–Kier alpha value is -0.650. The van der Waals surface area contributed by atoms with E-state index in [1.54, 1.807) is 0 Å². The Labute approximate surface area is 90.0 Å². The van der Waals surface area contributed by atoms with Crippen molar-refractivity contribution < 1.29 is 0 Å². The Balaban J connectivity index is 2.37. The van der Waals surface area contributed by atoms with Crippen LogP contribution in [0.2, 0.25) is 0 Å². The molecule has 0 spiro atoms. The van der Waals surface area contributed by atoms with Crippen LogP contribution in [0.4, 0.5) is 0 Å². The van der Waals surface area contributed by atoms with Gasteiger partial charge in [-0.15, -0.1) is 0 Å².